The highest BCUT2D eigenvalue weighted by molar-refractivity contribution is 7.47. The van der Waals surface area contributed by atoms with E-state index in [1.807, 2.05) is 12.2 Å². The molecule has 0 rings (SSSR count). The summed E-state index contributed by atoms with van der Waals surface area (Å²) < 4.78 is 68.3. The van der Waals surface area contributed by atoms with E-state index in [2.05, 4.69) is 186 Å². The van der Waals surface area contributed by atoms with Crippen molar-refractivity contribution >= 4 is 39.5 Å². The van der Waals surface area contributed by atoms with Gasteiger partial charge in [0.1, 0.15) is 19.3 Å². The quantitative estimate of drug-likeness (QED) is 0.0169. The zero-order chi connectivity index (χ0) is 76.0. The fourth-order valence-corrected chi connectivity index (χ4v) is 11.1. The predicted molar refractivity (Wildman–Crippen MR) is 426 cm³/mol. The Balaban J connectivity index is 5.49. The molecule has 0 aliphatic rings. The third-order valence-corrected chi connectivity index (χ3v) is 17.3. The molecule has 0 heterocycles. The maximum absolute atomic E-state index is 13.1. The second-order valence-electron chi connectivity index (χ2n) is 25.2. The van der Waals surface area contributed by atoms with Crippen LogP contribution in [0, 0.1) is 0 Å². The van der Waals surface area contributed by atoms with Gasteiger partial charge in [0.05, 0.1) is 32.8 Å². The molecule has 0 aromatic heterocycles. The molecule has 5 unspecified atom stereocenters. The maximum Gasteiger partial charge on any atom is 0.472 e. The van der Waals surface area contributed by atoms with Gasteiger partial charge in [0.15, 0.2) is 12.2 Å². The first-order valence-corrected chi connectivity index (χ1v) is 42.0. The van der Waals surface area contributed by atoms with Gasteiger partial charge in [-0.15, -0.1) is 0 Å². The number of unbranched alkanes of at least 4 members (excludes halogenated alkanes) is 16. The van der Waals surface area contributed by atoms with Crippen molar-refractivity contribution in [3.8, 4) is 0 Å². The van der Waals surface area contributed by atoms with Gasteiger partial charge in [-0.3, -0.25) is 37.3 Å². The van der Waals surface area contributed by atoms with Crippen LogP contribution in [0.25, 0.3) is 0 Å². The highest BCUT2D eigenvalue weighted by Crippen LogP contribution is 2.45. The Morgan fingerprint density at radius 3 is 0.875 bits per heavy atom. The van der Waals surface area contributed by atoms with Gasteiger partial charge in [-0.25, -0.2) is 9.13 Å². The van der Waals surface area contributed by atoms with E-state index in [1.54, 1.807) is 12.2 Å². The molecule has 0 aliphatic carbocycles. The van der Waals surface area contributed by atoms with Crippen LogP contribution in [0.4, 0.5) is 0 Å². The number of phosphoric ester groups is 2. The number of aliphatic hydroxyl groups is 1. The first-order valence-electron chi connectivity index (χ1n) is 39.0. The molecule has 0 aromatic carbocycles. The number of esters is 4. The Kier molecular flexibility index (Phi) is 71.2. The summed E-state index contributed by atoms with van der Waals surface area (Å²) in [5, 5.41) is 10.6. The summed E-state index contributed by atoms with van der Waals surface area (Å²) >= 11 is 0. The number of hydrogen-bond donors (Lipinski definition) is 3. The van der Waals surface area contributed by atoms with Crippen LogP contribution in [0.1, 0.15) is 272 Å². The molecular weight excluding hydrogens is 1350 g/mol. The Hall–Kier alpha value is -5.84. The number of carbonyl (C=O) groups excluding carboxylic acids is 4. The van der Waals surface area contributed by atoms with Crippen molar-refractivity contribution in [3.63, 3.8) is 0 Å². The number of allylic oxidation sites excluding steroid dienone is 29. The molecular formula is C85H136O17P2. The zero-order valence-electron chi connectivity index (χ0n) is 64.1. The van der Waals surface area contributed by atoms with Crippen LogP contribution in [0.15, 0.2) is 182 Å². The van der Waals surface area contributed by atoms with Crippen LogP contribution < -0.4 is 0 Å². The van der Waals surface area contributed by atoms with Gasteiger partial charge in [-0.2, -0.15) is 0 Å². The van der Waals surface area contributed by atoms with Crippen LogP contribution in [0.5, 0.6) is 0 Å². The van der Waals surface area contributed by atoms with Crippen molar-refractivity contribution in [2.45, 2.75) is 290 Å². The van der Waals surface area contributed by atoms with E-state index in [-0.39, 0.29) is 25.7 Å². The molecule has 19 heteroatoms. The molecule has 0 bridgehead atoms. The lowest BCUT2D eigenvalue weighted by atomic mass is 10.1. The minimum atomic E-state index is -5.02. The minimum Gasteiger partial charge on any atom is -0.462 e. The van der Waals surface area contributed by atoms with Gasteiger partial charge in [-0.05, 0) is 161 Å². The summed E-state index contributed by atoms with van der Waals surface area (Å²) in [6.45, 7) is 4.30. The summed E-state index contributed by atoms with van der Waals surface area (Å²) in [5.74, 6) is -2.42. The van der Waals surface area contributed by atoms with E-state index < -0.39 is 97.5 Å². The van der Waals surface area contributed by atoms with Gasteiger partial charge < -0.3 is 33.8 Å². The van der Waals surface area contributed by atoms with Crippen molar-refractivity contribution in [2.24, 2.45) is 0 Å². The van der Waals surface area contributed by atoms with Crippen LogP contribution in [0.2, 0.25) is 0 Å². The van der Waals surface area contributed by atoms with E-state index in [9.17, 15) is 43.2 Å². The van der Waals surface area contributed by atoms with Crippen molar-refractivity contribution in [1.82, 2.24) is 0 Å². The van der Waals surface area contributed by atoms with Crippen molar-refractivity contribution in [1.29, 1.82) is 0 Å². The highest BCUT2D eigenvalue weighted by atomic mass is 31.2. The van der Waals surface area contributed by atoms with Crippen LogP contribution in [-0.4, -0.2) is 96.7 Å². The van der Waals surface area contributed by atoms with Crippen LogP contribution >= 0.6 is 15.6 Å². The molecule has 0 saturated heterocycles. The van der Waals surface area contributed by atoms with Gasteiger partial charge in [0.2, 0.25) is 0 Å². The van der Waals surface area contributed by atoms with E-state index in [0.717, 1.165) is 167 Å². The summed E-state index contributed by atoms with van der Waals surface area (Å²) in [5.41, 5.74) is 0. The molecule has 0 radical (unpaired) electrons. The lowest BCUT2D eigenvalue weighted by molar-refractivity contribution is -0.161. The standard InChI is InChI=1S/C85H136O17P2/c1-5-9-13-17-21-25-29-33-36-38-39-41-44-47-50-54-58-62-66-70-83(88)95-75-80(101-84(89)71-67-63-59-55-51-45-32-28-24-20-16-12-8-4)77-99-103(91,92)97-73-79(86)74-98-104(93,94)100-78-81(102-85(90)72-68-64-60-56-52-48-42-35-31-27-23-19-15-11-7-3)76-96-82(87)69-65-61-57-53-49-46-43-40-37-34-30-26-22-18-14-10-6-2/h9-11,13-15,21-23,25-28,32-37,39,41-43,46-47,50,52,56,64,68,79-81,86H,5-8,12,16-20,24,29-31,38,40,44-45,48-49,51,53-55,57-63,65-67,69-78H2,1-4H3,(H,91,92)(H,93,94)/b13-9-,14-10-,15-11-,25-21-,26-22-,27-23-,32-28-,36-33-,37-34-,41-39-,42-35-,46-43-,50-47-,56-52-,68-64-. The first-order chi connectivity index (χ1) is 50.7. The zero-order valence-corrected chi connectivity index (χ0v) is 65.9. The fourth-order valence-electron chi connectivity index (χ4n) is 9.54. The van der Waals surface area contributed by atoms with Crippen molar-refractivity contribution in [2.75, 3.05) is 39.6 Å². The number of rotatable bonds is 71. The lowest BCUT2D eigenvalue weighted by Gasteiger charge is -2.21. The van der Waals surface area contributed by atoms with E-state index in [0.29, 0.717) is 25.7 Å². The number of aliphatic hydroxyl groups excluding tert-OH is 1. The van der Waals surface area contributed by atoms with Gasteiger partial charge in [0.25, 0.3) is 0 Å². The largest absolute Gasteiger partial charge is 0.472 e. The van der Waals surface area contributed by atoms with E-state index >= 15 is 0 Å². The predicted octanol–water partition coefficient (Wildman–Crippen LogP) is 22.8. The summed E-state index contributed by atoms with van der Waals surface area (Å²) in [6.07, 6.45) is 90.5. The second kappa shape index (κ2) is 75.4. The Bertz CT molecular complexity index is 2690. The van der Waals surface area contributed by atoms with Gasteiger partial charge in [-0.1, -0.05) is 268 Å². The minimum absolute atomic E-state index is 0.0677. The Labute approximate surface area is 628 Å². The molecule has 0 fully saturated rings. The third-order valence-electron chi connectivity index (χ3n) is 15.4. The summed E-state index contributed by atoms with van der Waals surface area (Å²) in [4.78, 5) is 72.9. The molecule has 588 valence electrons. The number of phosphoric acid groups is 2. The normalized spacial score (nSPS) is 14.9. The van der Waals surface area contributed by atoms with E-state index in [4.69, 9.17) is 37.0 Å². The maximum atomic E-state index is 13.1. The lowest BCUT2D eigenvalue weighted by Crippen LogP contribution is -2.30. The fraction of sp³-hybridized carbons (Fsp3) is 0.600. The topological polar surface area (TPSA) is 237 Å². The Morgan fingerprint density at radius 2 is 0.538 bits per heavy atom. The summed E-state index contributed by atoms with van der Waals surface area (Å²) in [6, 6.07) is 0. The third kappa shape index (κ3) is 74.4. The molecule has 0 aliphatic heterocycles. The monoisotopic (exact) mass is 1490 g/mol. The average molecular weight is 1490 g/mol. The highest BCUT2D eigenvalue weighted by Gasteiger charge is 2.30. The van der Waals surface area contributed by atoms with Gasteiger partial charge >= 0.3 is 39.5 Å². The second-order valence-corrected chi connectivity index (χ2v) is 28.1. The number of carbonyl (C=O) groups is 4. The van der Waals surface area contributed by atoms with Gasteiger partial charge in [0, 0.05) is 19.3 Å². The van der Waals surface area contributed by atoms with Crippen LogP contribution in [-0.2, 0) is 65.4 Å². The van der Waals surface area contributed by atoms with Crippen molar-refractivity contribution < 1.29 is 80.2 Å². The molecule has 3 N–H and O–H groups in total. The molecule has 5 atom stereocenters. The number of ether oxygens (including phenoxy) is 4. The SMILES string of the molecule is CC/C=C\C/C=C\C/C=C\C/C=C\C/C=C\CCCCCC(=O)OCC(COP(=O)(O)OCC(O)COP(=O)(O)OCC(COC(=O)CCCCCC/C=C\C/C=C\C/C=C\C/C=C\CC)OC(=O)C/C=C\C/C=C\C/C=C\C/C=C\C/C=C\CC)OC(=O)CCCCCCC/C=C\CCCCCC. The molecule has 0 spiro atoms. The Morgan fingerprint density at radius 1 is 0.288 bits per heavy atom. The van der Waals surface area contributed by atoms with E-state index in [1.165, 1.54) is 25.7 Å². The van der Waals surface area contributed by atoms with Crippen molar-refractivity contribution in [3.05, 3.63) is 182 Å². The molecule has 104 heavy (non-hydrogen) atoms. The van der Waals surface area contributed by atoms with Crippen LogP contribution in [0.3, 0.4) is 0 Å². The molecule has 0 amide bonds. The summed E-state index contributed by atoms with van der Waals surface area (Å²) in [7, 11) is -10.0. The molecule has 17 nitrogen and oxygen atoms in total. The molecule has 0 saturated carbocycles. The molecule has 0 aromatic rings. The number of hydrogen-bond acceptors (Lipinski definition) is 15. The smallest absolute Gasteiger partial charge is 0.462 e. The first kappa shape index (κ1) is 98.2. The average Bonchev–Trinajstić information content (AvgIpc) is 0.939.